The van der Waals surface area contributed by atoms with Crippen molar-refractivity contribution in [3.63, 3.8) is 0 Å². The lowest BCUT2D eigenvalue weighted by molar-refractivity contribution is 0.182. The third kappa shape index (κ3) is 6.71. The standard InChI is InChI=1S/C14H23NO3S/c1-12(14-8-4-3-5-9-14)11-19(17,18)15-10-6-7-13(2)16/h3-5,8-9,12-13,15-16H,6-7,10-11H2,1-2H3. The third-order valence-electron chi connectivity index (χ3n) is 2.96. The average Bonchev–Trinajstić information content (AvgIpc) is 2.35. The molecule has 108 valence electrons. The summed E-state index contributed by atoms with van der Waals surface area (Å²) in [5.41, 5.74) is 1.02. The lowest BCUT2D eigenvalue weighted by Gasteiger charge is -2.13. The lowest BCUT2D eigenvalue weighted by Crippen LogP contribution is -2.29. The smallest absolute Gasteiger partial charge is 0.212 e. The van der Waals surface area contributed by atoms with Crippen LogP contribution in [0.25, 0.3) is 0 Å². The fourth-order valence-corrected chi connectivity index (χ4v) is 3.31. The van der Waals surface area contributed by atoms with E-state index in [-0.39, 0.29) is 17.8 Å². The molecule has 4 nitrogen and oxygen atoms in total. The Labute approximate surface area is 115 Å². The molecule has 0 aliphatic heterocycles. The van der Waals surface area contributed by atoms with Gasteiger partial charge in [-0.2, -0.15) is 0 Å². The summed E-state index contributed by atoms with van der Waals surface area (Å²) in [4.78, 5) is 0. The monoisotopic (exact) mass is 285 g/mol. The molecule has 0 amide bonds. The maximum atomic E-state index is 11.9. The van der Waals surface area contributed by atoms with Crippen LogP contribution in [0.5, 0.6) is 0 Å². The van der Waals surface area contributed by atoms with E-state index >= 15 is 0 Å². The van der Waals surface area contributed by atoms with Crippen LogP contribution in [0.3, 0.4) is 0 Å². The highest BCUT2D eigenvalue weighted by Crippen LogP contribution is 2.16. The average molecular weight is 285 g/mol. The molecular weight excluding hydrogens is 262 g/mol. The van der Waals surface area contributed by atoms with Gasteiger partial charge in [0.05, 0.1) is 11.9 Å². The minimum Gasteiger partial charge on any atom is -0.393 e. The van der Waals surface area contributed by atoms with Gasteiger partial charge in [0.15, 0.2) is 0 Å². The number of aliphatic hydroxyl groups is 1. The predicted molar refractivity (Wildman–Crippen MR) is 77.6 cm³/mol. The van der Waals surface area contributed by atoms with Crippen molar-refractivity contribution in [2.24, 2.45) is 0 Å². The Bertz CT molecular complexity index is 457. The van der Waals surface area contributed by atoms with Crippen molar-refractivity contribution in [2.75, 3.05) is 12.3 Å². The van der Waals surface area contributed by atoms with E-state index in [0.29, 0.717) is 19.4 Å². The molecule has 1 aromatic carbocycles. The van der Waals surface area contributed by atoms with E-state index in [0.717, 1.165) is 5.56 Å². The first-order chi connectivity index (χ1) is 8.91. The normalized spacial score (nSPS) is 15.1. The second-order valence-electron chi connectivity index (χ2n) is 4.98. The molecular formula is C14H23NO3S. The van der Waals surface area contributed by atoms with Crippen LogP contribution in [-0.4, -0.2) is 31.9 Å². The van der Waals surface area contributed by atoms with Gasteiger partial charge in [-0.1, -0.05) is 37.3 Å². The fraction of sp³-hybridized carbons (Fsp3) is 0.571. The zero-order chi connectivity index (χ0) is 14.3. The van der Waals surface area contributed by atoms with E-state index in [1.165, 1.54) is 0 Å². The van der Waals surface area contributed by atoms with Gasteiger partial charge in [-0.15, -0.1) is 0 Å². The summed E-state index contributed by atoms with van der Waals surface area (Å²) in [7, 11) is -3.26. The van der Waals surface area contributed by atoms with Crippen LogP contribution in [0.15, 0.2) is 30.3 Å². The molecule has 1 rings (SSSR count). The van der Waals surface area contributed by atoms with Gasteiger partial charge in [-0.05, 0) is 31.2 Å². The largest absolute Gasteiger partial charge is 0.393 e. The van der Waals surface area contributed by atoms with E-state index in [9.17, 15) is 8.42 Å². The van der Waals surface area contributed by atoms with Crippen LogP contribution >= 0.6 is 0 Å². The van der Waals surface area contributed by atoms with Crippen LogP contribution in [-0.2, 0) is 10.0 Å². The highest BCUT2D eigenvalue weighted by molar-refractivity contribution is 7.89. The molecule has 0 radical (unpaired) electrons. The Balaban J connectivity index is 2.42. The second-order valence-corrected chi connectivity index (χ2v) is 6.83. The Morgan fingerprint density at radius 1 is 1.21 bits per heavy atom. The maximum Gasteiger partial charge on any atom is 0.212 e. The Morgan fingerprint density at radius 2 is 1.84 bits per heavy atom. The molecule has 2 N–H and O–H groups in total. The van der Waals surface area contributed by atoms with Crippen LogP contribution in [0.4, 0.5) is 0 Å². The van der Waals surface area contributed by atoms with Crippen LogP contribution in [0.1, 0.15) is 38.2 Å². The van der Waals surface area contributed by atoms with Crippen molar-refractivity contribution in [3.05, 3.63) is 35.9 Å². The first-order valence-corrected chi connectivity index (χ1v) is 8.26. The maximum absolute atomic E-state index is 11.9. The van der Waals surface area contributed by atoms with Crippen LogP contribution in [0, 0.1) is 0 Å². The fourth-order valence-electron chi connectivity index (χ4n) is 1.89. The highest BCUT2D eigenvalue weighted by Gasteiger charge is 2.16. The van der Waals surface area contributed by atoms with Gasteiger partial charge in [0.2, 0.25) is 10.0 Å². The summed E-state index contributed by atoms with van der Waals surface area (Å²) in [5.74, 6) is 0.0570. The number of sulfonamides is 1. The van der Waals surface area contributed by atoms with Gasteiger partial charge in [-0.25, -0.2) is 13.1 Å². The SMILES string of the molecule is CC(O)CCCNS(=O)(=O)CC(C)c1ccccc1. The minimum atomic E-state index is -3.26. The van der Waals surface area contributed by atoms with Crippen molar-refractivity contribution in [2.45, 2.75) is 38.7 Å². The molecule has 0 aromatic heterocycles. The summed E-state index contributed by atoms with van der Waals surface area (Å²) < 4.78 is 26.3. The summed E-state index contributed by atoms with van der Waals surface area (Å²) in [6.07, 6.45) is 0.876. The van der Waals surface area contributed by atoms with E-state index < -0.39 is 10.0 Å². The van der Waals surface area contributed by atoms with Crippen molar-refractivity contribution in [1.29, 1.82) is 0 Å². The number of nitrogens with one attached hydrogen (secondary N) is 1. The van der Waals surface area contributed by atoms with Gasteiger partial charge >= 0.3 is 0 Å². The van der Waals surface area contributed by atoms with Gasteiger partial charge < -0.3 is 5.11 Å². The minimum absolute atomic E-state index is 0.0320. The molecule has 0 heterocycles. The lowest BCUT2D eigenvalue weighted by atomic mass is 10.0. The van der Waals surface area contributed by atoms with Crippen molar-refractivity contribution >= 4 is 10.0 Å². The molecule has 19 heavy (non-hydrogen) atoms. The van der Waals surface area contributed by atoms with Gasteiger partial charge in [0.1, 0.15) is 0 Å². The van der Waals surface area contributed by atoms with Gasteiger partial charge in [0.25, 0.3) is 0 Å². The van der Waals surface area contributed by atoms with Crippen molar-refractivity contribution in [3.8, 4) is 0 Å². The molecule has 0 saturated heterocycles. The Morgan fingerprint density at radius 3 is 2.42 bits per heavy atom. The van der Waals surface area contributed by atoms with Crippen LogP contribution in [0.2, 0.25) is 0 Å². The summed E-state index contributed by atoms with van der Waals surface area (Å²) >= 11 is 0. The van der Waals surface area contributed by atoms with Crippen molar-refractivity contribution < 1.29 is 13.5 Å². The molecule has 5 heteroatoms. The molecule has 0 aliphatic carbocycles. The van der Waals surface area contributed by atoms with Gasteiger partial charge in [-0.3, -0.25) is 0 Å². The molecule has 2 unspecified atom stereocenters. The molecule has 0 bridgehead atoms. The zero-order valence-electron chi connectivity index (χ0n) is 11.5. The van der Waals surface area contributed by atoms with Crippen LogP contribution < -0.4 is 4.72 Å². The molecule has 0 fully saturated rings. The molecule has 0 aliphatic rings. The summed E-state index contributed by atoms with van der Waals surface area (Å²) in [6.45, 7) is 3.99. The number of hydrogen-bond acceptors (Lipinski definition) is 3. The molecule has 1 aromatic rings. The number of hydrogen-bond donors (Lipinski definition) is 2. The van der Waals surface area contributed by atoms with E-state index in [1.54, 1.807) is 6.92 Å². The predicted octanol–water partition coefficient (Wildman–Crippen LogP) is 1.87. The first-order valence-electron chi connectivity index (χ1n) is 6.61. The number of benzene rings is 1. The van der Waals surface area contributed by atoms with E-state index in [4.69, 9.17) is 5.11 Å². The van der Waals surface area contributed by atoms with Crippen molar-refractivity contribution in [1.82, 2.24) is 4.72 Å². The van der Waals surface area contributed by atoms with E-state index in [2.05, 4.69) is 4.72 Å². The molecule has 0 saturated carbocycles. The first kappa shape index (κ1) is 16.1. The highest BCUT2D eigenvalue weighted by atomic mass is 32.2. The summed E-state index contributed by atoms with van der Waals surface area (Å²) in [6, 6.07) is 9.61. The topological polar surface area (TPSA) is 66.4 Å². The Kier molecular flexibility index (Phi) is 6.48. The summed E-state index contributed by atoms with van der Waals surface area (Å²) in [5, 5.41) is 9.10. The number of rotatable bonds is 8. The van der Waals surface area contributed by atoms with Gasteiger partial charge in [0, 0.05) is 6.54 Å². The molecule has 0 spiro atoms. The molecule has 2 atom stereocenters. The van der Waals surface area contributed by atoms with E-state index in [1.807, 2.05) is 37.3 Å². The second kappa shape index (κ2) is 7.62. The Hall–Kier alpha value is -0.910. The quantitative estimate of drug-likeness (QED) is 0.717. The zero-order valence-corrected chi connectivity index (χ0v) is 12.4. The number of aliphatic hydroxyl groups excluding tert-OH is 1. The third-order valence-corrected chi connectivity index (χ3v) is 4.54.